The van der Waals surface area contributed by atoms with Gasteiger partial charge >= 0.3 is 17.9 Å². The highest BCUT2D eigenvalue weighted by atomic mass is 16.6. The lowest BCUT2D eigenvalue weighted by Gasteiger charge is -2.18. The quantitative estimate of drug-likeness (QED) is 0.0262. The first kappa shape index (κ1) is 62.8. The number of hydrogen-bond donors (Lipinski definition) is 0. The first-order chi connectivity index (χ1) is 32.5. The number of allylic oxidation sites excluding steroid dienone is 12. The van der Waals surface area contributed by atoms with Gasteiger partial charge in [0.2, 0.25) is 0 Å². The second kappa shape index (κ2) is 54.5. The van der Waals surface area contributed by atoms with E-state index < -0.39 is 6.10 Å². The molecule has 6 heteroatoms. The van der Waals surface area contributed by atoms with E-state index in [1.807, 2.05) is 0 Å². The molecule has 0 aromatic rings. The number of esters is 3. The van der Waals surface area contributed by atoms with E-state index in [0.29, 0.717) is 19.3 Å². The SMILES string of the molecule is CC/C=C\C/C=C\C/C=C\C/C=C\CCCCCCC(=O)OC(COC(=O)CCCCCCCC)COC(=O)CCCCCCCCCCCCCCC/C=C\C/C=C\CCCCCCC. The van der Waals surface area contributed by atoms with Gasteiger partial charge in [-0.2, -0.15) is 0 Å². The van der Waals surface area contributed by atoms with E-state index in [1.165, 1.54) is 128 Å². The smallest absolute Gasteiger partial charge is 0.306 e. The molecular weight excluding hydrogens is 817 g/mol. The second-order valence-electron chi connectivity index (χ2n) is 18.5. The van der Waals surface area contributed by atoms with Gasteiger partial charge < -0.3 is 14.2 Å². The number of carbonyl (C=O) groups is 3. The zero-order valence-electron chi connectivity index (χ0n) is 43.4. The third kappa shape index (κ3) is 51.8. The molecule has 0 saturated carbocycles. The molecule has 0 aliphatic heterocycles. The van der Waals surface area contributed by atoms with Gasteiger partial charge in [-0.25, -0.2) is 0 Å². The van der Waals surface area contributed by atoms with Crippen molar-refractivity contribution in [1.82, 2.24) is 0 Å². The third-order valence-corrected chi connectivity index (χ3v) is 11.9. The van der Waals surface area contributed by atoms with Crippen LogP contribution in [-0.2, 0) is 28.6 Å². The van der Waals surface area contributed by atoms with Gasteiger partial charge in [-0.15, -0.1) is 0 Å². The van der Waals surface area contributed by atoms with Crippen LogP contribution < -0.4 is 0 Å². The maximum Gasteiger partial charge on any atom is 0.306 e. The van der Waals surface area contributed by atoms with Gasteiger partial charge in [0.15, 0.2) is 6.10 Å². The maximum atomic E-state index is 12.8. The lowest BCUT2D eigenvalue weighted by molar-refractivity contribution is -0.167. The number of carbonyl (C=O) groups excluding carboxylic acids is 3. The molecule has 0 aromatic carbocycles. The topological polar surface area (TPSA) is 78.9 Å². The molecule has 0 amide bonds. The average Bonchev–Trinajstić information content (AvgIpc) is 3.31. The molecule has 0 aliphatic rings. The van der Waals surface area contributed by atoms with Crippen LogP contribution >= 0.6 is 0 Å². The molecule has 0 heterocycles. The third-order valence-electron chi connectivity index (χ3n) is 11.9. The van der Waals surface area contributed by atoms with Crippen molar-refractivity contribution in [2.45, 2.75) is 277 Å². The highest BCUT2D eigenvalue weighted by molar-refractivity contribution is 5.71. The Morgan fingerprint density at radius 1 is 0.318 bits per heavy atom. The highest BCUT2D eigenvalue weighted by Crippen LogP contribution is 2.15. The Morgan fingerprint density at radius 2 is 0.591 bits per heavy atom. The average molecular weight is 921 g/mol. The van der Waals surface area contributed by atoms with Gasteiger partial charge in [-0.05, 0) is 89.9 Å². The summed E-state index contributed by atoms with van der Waals surface area (Å²) in [7, 11) is 0. The molecule has 0 radical (unpaired) electrons. The molecule has 6 nitrogen and oxygen atoms in total. The first-order valence-electron chi connectivity index (χ1n) is 27.9. The minimum absolute atomic E-state index is 0.0848. The minimum atomic E-state index is -0.785. The van der Waals surface area contributed by atoms with E-state index >= 15 is 0 Å². The standard InChI is InChI=1S/C60H104O6/c1-4-7-10-13-16-18-20-22-24-26-27-28-29-30-31-32-33-35-36-38-40-42-44-47-50-53-59(62)65-56-57(55-64-58(61)52-49-46-15-12-9-6-3)66-60(63)54-51-48-45-43-41-39-37-34-25-23-21-19-17-14-11-8-5-2/h8,11,17,19-20,22-23,25-27,37,39,57H,4-7,9-10,12-16,18,21,24,28-36,38,40-56H2,1-3H3/b11-8-,19-17-,22-20-,25-23-,27-26-,39-37-. The summed E-state index contributed by atoms with van der Waals surface area (Å²) in [5.74, 6) is -0.915. The fourth-order valence-corrected chi connectivity index (χ4v) is 7.76. The molecule has 0 fully saturated rings. The van der Waals surface area contributed by atoms with Crippen molar-refractivity contribution < 1.29 is 28.6 Å². The van der Waals surface area contributed by atoms with Crippen molar-refractivity contribution in [1.29, 1.82) is 0 Å². The Morgan fingerprint density at radius 3 is 0.924 bits per heavy atom. The van der Waals surface area contributed by atoms with E-state index in [-0.39, 0.29) is 31.1 Å². The van der Waals surface area contributed by atoms with Crippen LogP contribution in [0.2, 0.25) is 0 Å². The Balaban J connectivity index is 4.15. The molecule has 0 aromatic heterocycles. The van der Waals surface area contributed by atoms with Gasteiger partial charge in [0.25, 0.3) is 0 Å². The molecule has 0 spiro atoms. The highest BCUT2D eigenvalue weighted by Gasteiger charge is 2.19. The number of ether oxygens (including phenoxy) is 3. The Labute approximate surface area is 408 Å². The fraction of sp³-hybridized carbons (Fsp3) is 0.750. The second-order valence-corrected chi connectivity index (χ2v) is 18.5. The molecule has 0 saturated heterocycles. The van der Waals surface area contributed by atoms with Gasteiger partial charge in [0.05, 0.1) is 0 Å². The molecule has 1 unspecified atom stereocenters. The monoisotopic (exact) mass is 921 g/mol. The molecular formula is C60H104O6. The largest absolute Gasteiger partial charge is 0.462 e. The summed E-state index contributed by atoms with van der Waals surface area (Å²) in [6.45, 7) is 6.44. The van der Waals surface area contributed by atoms with Crippen LogP contribution in [0.3, 0.4) is 0 Å². The Kier molecular flexibility index (Phi) is 51.9. The molecule has 0 bridgehead atoms. The van der Waals surface area contributed by atoms with E-state index in [0.717, 1.165) is 103 Å². The number of unbranched alkanes of at least 4 members (excludes halogenated alkanes) is 27. The zero-order valence-corrected chi connectivity index (χ0v) is 43.4. The molecule has 1 atom stereocenters. The van der Waals surface area contributed by atoms with Crippen LogP contribution in [0.25, 0.3) is 0 Å². The Bertz CT molecular complexity index is 1240. The van der Waals surface area contributed by atoms with Gasteiger partial charge in [-0.3, -0.25) is 14.4 Å². The zero-order chi connectivity index (χ0) is 47.9. The fourth-order valence-electron chi connectivity index (χ4n) is 7.76. The van der Waals surface area contributed by atoms with E-state index in [9.17, 15) is 14.4 Å². The lowest BCUT2D eigenvalue weighted by atomic mass is 10.0. The lowest BCUT2D eigenvalue weighted by Crippen LogP contribution is -2.30. The summed E-state index contributed by atoms with van der Waals surface area (Å²) in [5.41, 5.74) is 0. The van der Waals surface area contributed by atoms with Crippen LogP contribution in [0, 0.1) is 0 Å². The minimum Gasteiger partial charge on any atom is -0.462 e. The van der Waals surface area contributed by atoms with Gasteiger partial charge in [-0.1, -0.05) is 235 Å². The Hall–Kier alpha value is -3.15. The summed E-state index contributed by atoms with van der Waals surface area (Å²) in [6.07, 6.45) is 69.3. The van der Waals surface area contributed by atoms with Crippen molar-refractivity contribution in [3.63, 3.8) is 0 Å². The normalized spacial score (nSPS) is 12.6. The maximum absolute atomic E-state index is 12.8. The summed E-state index contributed by atoms with van der Waals surface area (Å²) in [4.78, 5) is 37.8. The van der Waals surface area contributed by atoms with Crippen LogP contribution in [0.5, 0.6) is 0 Å². The molecule has 66 heavy (non-hydrogen) atoms. The predicted octanol–water partition coefficient (Wildman–Crippen LogP) is 18.6. The molecule has 0 N–H and O–H groups in total. The number of hydrogen-bond acceptors (Lipinski definition) is 6. The van der Waals surface area contributed by atoms with Crippen molar-refractivity contribution >= 4 is 17.9 Å². The van der Waals surface area contributed by atoms with Crippen LogP contribution in [0.1, 0.15) is 271 Å². The van der Waals surface area contributed by atoms with Crippen molar-refractivity contribution in [2.24, 2.45) is 0 Å². The van der Waals surface area contributed by atoms with E-state index in [4.69, 9.17) is 14.2 Å². The molecule has 380 valence electrons. The summed E-state index contributed by atoms with van der Waals surface area (Å²) < 4.78 is 16.7. The van der Waals surface area contributed by atoms with Crippen molar-refractivity contribution in [3.05, 3.63) is 72.9 Å². The molecule has 0 aliphatic carbocycles. The molecule has 0 rings (SSSR count). The summed E-state index contributed by atoms with van der Waals surface area (Å²) in [6, 6.07) is 0. The summed E-state index contributed by atoms with van der Waals surface area (Å²) in [5, 5.41) is 0. The van der Waals surface area contributed by atoms with Crippen LogP contribution in [-0.4, -0.2) is 37.2 Å². The summed E-state index contributed by atoms with van der Waals surface area (Å²) >= 11 is 0. The van der Waals surface area contributed by atoms with E-state index in [1.54, 1.807) is 0 Å². The first-order valence-corrected chi connectivity index (χ1v) is 27.9. The van der Waals surface area contributed by atoms with Crippen molar-refractivity contribution in [3.8, 4) is 0 Å². The van der Waals surface area contributed by atoms with Crippen LogP contribution in [0.15, 0.2) is 72.9 Å². The van der Waals surface area contributed by atoms with Gasteiger partial charge in [0.1, 0.15) is 13.2 Å². The number of rotatable bonds is 50. The van der Waals surface area contributed by atoms with Crippen LogP contribution in [0.4, 0.5) is 0 Å². The predicted molar refractivity (Wildman–Crippen MR) is 284 cm³/mol. The van der Waals surface area contributed by atoms with E-state index in [2.05, 4.69) is 93.7 Å². The van der Waals surface area contributed by atoms with Crippen molar-refractivity contribution in [2.75, 3.05) is 13.2 Å². The van der Waals surface area contributed by atoms with Gasteiger partial charge in [0, 0.05) is 19.3 Å².